The van der Waals surface area contributed by atoms with Crippen molar-refractivity contribution in [1.29, 1.82) is 0 Å². The number of nitrogens with zero attached hydrogens (tertiary/aromatic N) is 5. The molecule has 1 aromatic heterocycles. The van der Waals surface area contributed by atoms with Crippen LogP contribution in [0.2, 0.25) is 0 Å². The second kappa shape index (κ2) is 10.7. The molecule has 35 heavy (non-hydrogen) atoms. The van der Waals surface area contributed by atoms with Crippen LogP contribution in [-0.4, -0.2) is 79.5 Å². The fourth-order valence-electron chi connectivity index (χ4n) is 4.39. The van der Waals surface area contributed by atoms with Crippen LogP contribution in [0.25, 0.3) is 0 Å². The summed E-state index contributed by atoms with van der Waals surface area (Å²) in [4.78, 5) is 37.2. The molecule has 1 atom stereocenters. The third-order valence-electron chi connectivity index (χ3n) is 6.64. The van der Waals surface area contributed by atoms with Crippen molar-refractivity contribution in [3.63, 3.8) is 0 Å². The topological polar surface area (TPSA) is 116 Å². The van der Waals surface area contributed by atoms with E-state index in [9.17, 15) is 18.0 Å². The number of aromatic nitrogens is 2. The lowest BCUT2D eigenvalue weighted by Crippen LogP contribution is -2.50. The molecule has 2 aliphatic heterocycles. The molecule has 10 nitrogen and oxygen atoms in total. The number of amides is 2. The number of carbonyl (C=O) groups excluding carboxylic acids is 2. The third-order valence-corrected chi connectivity index (χ3v) is 8.60. The molecule has 0 radical (unpaired) electrons. The largest absolute Gasteiger partial charge is 0.356 e. The summed E-state index contributed by atoms with van der Waals surface area (Å²) in [7, 11) is -3.41. The second-order valence-corrected chi connectivity index (χ2v) is 11.2. The van der Waals surface area contributed by atoms with Gasteiger partial charge < -0.3 is 15.1 Å². The quantitative estimate of drug-likeness (QED) is 0.540. The van der Waals surface area contributed by atoms with E-state index in [1.165, 1.54) is 4.31 Å². The first-order valence-electron chi connectivity index (χ1n) is 11.9. The van der Waals surface area contributed by atoms with Crippen molar-refractivity contribution in [2.75, 3.05) is 54.8 Å². The monoisotopic (exact) mass is 500 g/mol. The number of aryl methyl sites for hydroxylation is 2. The lowest BCUT2D eigenvalue weighted by molar-refractivity contribution is -0.126. The third kappa shape index (κ3) is 5.96. The number of carbonyl (C=O) groups is 2. The highest BCUT2D eigenvalue weighted by atomic mass is 32.2. The van der Waals surface area contributed by atoms with Crippen molar-refractivity contribution in [1.82, 2.24) is 19.6 Å². The van der Waals surface area contributed by atoms with Gasteiger partial charge in [0.15, 0.2) is 0 Å². The number of benzene rings is 1. The predicted molar refractivity (Wildman–Crippen MR) is 134 cm³/mol. The molecule has 0 saturated carbocycles. The van der Waals surface area contributed by atoms with Gasteiger partial charge in [0.25, 0.3) is 0 Å². The van der Waals surface area contributed by atoms with Crippen LogP contribution in [0.15, 0.2) is 36.7 Å². The van der Waals surface area contributed by atoms with E-state index in [4.69, 9.17) is 0 Å². The van der Waals surface area contributed by atoms with Crippen molar-refractivity contribution in [2.45, 2.75) is 26.7 Å². The Kier molecular flexibility index (Phi) is 7.66. The van der Waals surface area contributed by atoms with Crippen molar-refractivity contribution in [2.24, 2.45) is 5.92 Å². The zero-order valence-corrected chi connectivity index (χ0v) is 21.0. The zero-order valence-electron chi connectivity index (χ0n) is 20.2. The van der Waals surface area contributed by atoms with Gasteiger partial charge >= 0.3 is 0 Å². The van der Waals surface area contributed by atoms with Gasteiger partial charge in [-0.25, -0.2) is 18.4 Å². The molecule has 4 rings (SSSR count). The Hall–Kier alpha value is -3.05. The number of nitrogens with one attached hydrogen (secondary N) is 1. The molecule has 0 spiro atoms. The molecule has 2 aliphatic rings. The highest BCUT2D eigenvalue weighted by Crippen LogP contribution is 2.27. The molecular weight excluding hydrogens is 468 g/mol. The summed E-state index contributed by atoms with van der Waals surface area (Å²) in [5.41, 5.74) is 3.05. The number of anilines is 2. The maximum Gasteiger partial charge on any atom is 0.227 e. The van der Waals surface area contributed by atoms with Gasteiger partial charge in [0.05, 0.1) is 11.7 Å². The predicted octanol–water partition coefficient (Wildman–Crippen LogP) is 1.10. The van der Waals surface area contributed by atoms with Crippen molar-refractivity contribution in [3.05, 3.63) is 47.8 Å². The summed E-state index contributed by atoms with van der Waals surface area (Å²) in [5.74, 6) is -0.148. The smallest absolute Gasteiger partial charge is 0.227 e. The van der Waals surface area contributed by atoms with E-state index in [0.29, 0.717) is 45.1 Å². The van der Waals surface area contributed by atoms with E-state index in [1.54, 1.807) is 23.4 Å². The number of hydrogen-bond acceptors (Lipinski definition) is 7. The van der Waals surface area contributed by atoms with Gasteiger partial charge in [0, 0.05) is 63.8 Å². The van der Waals surface area contributed by atoms with Crippen LogP contribution in [0.1, 0.15) is 24.0 Å². The van der Waals surface area contributed by atoms with Crippen LogP contribution in [0.3, 0.4) is 0 Å². The SMILES string of the molecule is Cc1ccc(N2CC(C(=O)NCCCS(=O)(=O)N3CCN(c4ncccn4)CC3)CC2=O)cc1C. The molecule has 1 unspecified atom stereocenters. The van der Waals surface area contributed by atoms with Gasteiger partial charge in [0.2, 0.25) is 27.8 Å². The van der Waals surface area contributed by atoms with Gasteiger partial charge in [-0.3, -0.25) is 9.59 Å². The Bertz CT molecular complexity index is 1170. The Morgan fingerprint density at radius 2 is 1.80 bits per heavy atom. The average Bonchev–Trinajstić information content (AvgIpc) is 3.26. The van der Waals surface area contributed by atoms with E-state index in [1.807, 2.05) is 36.9 Å². The average molecular weight is 501 g/mol. The summed E-state index contributed by atoms with van der Waals surface area (Å²) in [6.07, 6.45) is 3.81. The molecule has 2 aromatic rings. The molecule has 0 aliphatic carbocycles. The van der Waals surface area contributed by atoms with Crippen LogP contribution in [-0.2, 0) is 19.6 Å². The number of sulfonamides is 1. The first kappa shape index (κ1) is 25.1. The fourth-order valence-corrected chi connectivity index (χ4v) is 5.87. The molecule has 11 heteroatoms. The molecule has 188 valence electrons. The molecule has 0 bridgehead atoms. The van der Waals surface area contributed by atoms with Crippen molar-refractivity contribution in [3.8, 4) is 0 Å². The minimum atomic E-state index is -3.41. The van der Waals surface area contributed by atoms with Crippen LogP contribution in [0.4, 0.5) is 11.6 Å². The van der Waals surface area contributed by atoms with E-state index in [-0.39, 0.29) is 30.5 Å². The first-order chi connectivity index (χ1) is 16.7. The highest BCUT2D eigenvalue weighted by molar-refractivity contribution is 7.89. The minimum Gasteiger partial charge on any atom is -0.356 e. The molecule has 1 aromatic carbocycles. The standard InChI is InChI=1S/C24H32N6O4S/c1-18-5-6-21(15-19(18)2)30-17-20(16-22(30)31)23(32)25-9-4-14-35(33,34)29-12-10-28(11-13-29)24-26-7-3-8-27-24/h3,5-8,15,20H,4,9-14,16-17H2,1-2H3,(H,25,32). The zero-order chi connectivity index (χ0) is 25.0. The van der Waals surface area contributed by atoms with Crippen LogP contribution < -0.4 is 15.1 Å². The Balaban J connectivity index is 1.20. The Morgan fingerprint density at radius 3 is 2.49 bits per heavy atom. The minimum absolute atomic E-state index is 0.0342. The van der Waals surface area contributed by atoms with Crippen molar-refractivity contribution >= 4 is 33.5 Å². The number of piperazine rings is 1. The van der Waals surface area contributed by atoms with Gasteiger partial charge in [-0.15, -0.1) is 0 Å². The van der Waals surface area contributed by atoms with Crippen LogP contribution in [0, 0.1) is 19.8 Å². The lowest BCUT2D eigenvalue weighted by Gasteiger charge is -2.33. The summed E-state index contributed by atoms with van der Waals surface area (Å²) in [5, 5.41) is 2.82. The second-order valence-electron chi connectivity index (χ2n) is 9.07. The molecule has 2 fully saturated rings. The molecular formula is C24H32N6O4S. The van der Waals surface area contributed by atoms with Gasteiger partial charge in [-0.1, -0.05) is 6.07 Å². The van der Waals surface area contributed by atoms with E-state index < -0.39 is 15.9 Å². The lowest BCUT2D eigenvalue weighted by atomic mass is 10.1. The molecule has 1 N–H and O–H groups in total. The normalized spacial score (nSPS) is 19.3. The van der Waals surface area contributed by atoms with E-state index in [0.717, 1.165) is 16.8 Å². The summed E-state index contributed by atoms with van der Waals surface area (Å²) < 4.78 is 27.0. The molecule has 3 heterocycles. The first-order valence-corrected chi connectivity index (χ1v) is 13.5. The van der Waals surface area contributed by atoms with Crippen LogP contribution in [0.5, 0.6) is 0 Å². The Morgan fingerprint density at radius 1 is 1.09 bits per heavy atom. The fraction of sp³-hybridized carbons (Fsp3) is 0.500. The van der Waals surface area contributed by atoms with Gasteiger partial charge in [-0.05, 0) is 49.6 Å². The summed E-state index contributed by atoms with van der Waals surface area (Å²) >= 11 is 0. The van der Waals surface area contributed by atoms with E-state index >= 15 is 0 Å². The number of rotatable bonds is 8. The summed E-state index contributed by atoms with van der Waals surface area (Å²) in [6.45, 7) is 6.43. The van der Waals surface area contributed by atoms with Gasteiger partial charge in [0.1, 0.15) is 0 Å². The number of hydrogen-bond donors (Lipinski definition) is 1. The summed E-state index contributed by atoms with van der Waals surface area (Å²) in [6, 6.07) is 7.58. The van der Waals surface area contributed by atoms with E-state index in [2.05, 4.69) is 15.3 Å². The Labute approximate surface area is 206 Å². The maximum absolute atomic E-state index is 12.7. The van der Waals surface area contributed by atoms with Crippen LogP contribution >= 0.6 is 0 Å². The maximum atomic E-state index is 12.7. The molecule has 2 saturated heterocycles. The van der Waals surface area contributed by atoms with Crippen molar-refractivity contribution < 1.29 is 18.0 Å². The van der Waals surface area contributed by atoms with Gasteiger partial charge in [-0.2, -0.15) is 4.31 Å². The highest BCUT2D eigenvalue weighted by Gasteiger charge is 2.35. The molecule has 2 amide bonds.